The molecule has 0 heterocycles. The van der Waals surface area contributed by atoms with Crippen molar-refractivity contribution in [3.8, 4) is 11.5 Å². The van der Waals surface area contributed by atoms with Crippen molar-refractivity contribution in [2.75, 3.05) is 20.8 Å². The van der Waals surface area contributed by atoms with Gasteiger partial charge in [-0.3, -0.25) is 0 Å². The van der Waals surface area contributed by atoms with Crippen molar-refractivity contribution in [2.45, 2.75) is 39.7 Å². The van der Waals surface area contributed by atoms with Crippen molar-refractivity contribution in [1.82, 2.24) is 5.32 Å². The Hall–Kier alpha value is -1.22. The maximum Gasteiger partial charge on any atom is 0.125 e. The lowest BCUT2D eigenvalue weighted by Gasteiger charge is -2.24. The zero-order chi connectivity index (χ0) is 14.5. The van der Waals surface area contributed by atoms with E-state index in [4.69, 9.17) is 9.47 Å². The molecule has 1 N–H and O–H groups in total. The van der Waals surface area contributed by atoms with E-state index in [0.717, 1.165) is 30.0 Å². The van der Waals surface area contributed by atoms with E-state index in [2.05, 4.69) is 33.0 Å². The van der Waals surface area contributed by atoms with Gasteiger partial charge in [-0.2, -0.15) is 0 Å². The van der Waals surface area contributed by atoms with Crippen molar-refractivity contribution in [3.63, 3.8) is 0 Å². The number of ether oxygens (including phenoxy) is 2. The van der Waals surface area contributed by atoms with Crippen molar-refractivity contribution in [1.29, 1.82) is 0 Å². The van der Waals surface area contributed by atoms with Gasteiger partial charge < -0.3 is 14.8 Å². The highest BCUT2D eigenvalue weighted by Gasteiger charge is 2.16. The number of rotatable bonds is 6. The molecule has 3 heteroatoms. The first kappa shape index (κ1) is 15.8. The van der Waals surface area contributed by atoms with Gasteiger partial charge in [-0.05, 0) is 51.8 Å². The Morgan fingerprint density at radius 3 is 2.05 bits per heavy atom. The van der Waals surface area contributed by atoms with Gasteiger partial charge in [0, 0.05) is 11.1 Å². The molecule has 0 radical (unpaired) electrons. The lowest BCUT2D eigenvalue weighted by molar-refractivity contribution is 0.361. The highest BCUT2D eigenvalue weighted by molar-refractivity contribution is 5.45. The molecule has 1 unspecified atom stereocenters. The highest BCUT2D eigenvalue weighted by Crippen LogP contribution is 2.30. The Bertz CT molecular complexity index is 374. The fourth-order valence-corrected chi connectivity index (χ4v) is 2.03. The predicted octanol–water partition coefficient (Wildman–Crippen LogP) is 3.27. The van der Waals surface area contributed by atoms with E-state index in [0.29, 0.717) is 5.92 Å². The van der Waals surface area contributed by atoms with E-state index in [1.807, 2.05) is 18.2 Å². The summed E-state index contributed by atoms with van der Waals surface area (Å²) in [5.74, 6) is 2.33. The van der Waals surface area contributed by atoms with Crippen LogP contribution in [0.25, 0.3) is 0 Å². The van der Waals surface area contributed by atoms with Crippen LogP contribution in [0.5, 0.6) is 11.5 Å². The predicted molar refractivity (Wildman–Crippen MR) is 80.2 cm³/mol. The zero-order valence-electron chi connectivity index (χ0n) is 13.0. The summed E-state index contributed by atoms with van der Waals surface area (Å²) < 4.78 is 10.9. The van der Waals surface area contributed by atoms with E-state index in [-0.39, 0.29) is 5.54 Å². The molecule has 1 aromatic carbocycles. The van der Waals surface area contributed by atoms with Crippen molar-refractivity contribution >= 4 is 0 Å². The third-order valence-electron chi connectivity index (χ3n) is 3.06. The summed E-state index contributed by atoms with van der Waals surface area (Å²) in [6.45, 7) is 9.77. The zero-order valence-corrected chi connectivity index (χ0v) is 13.0. The summed E-state index contributed by atoms with van der Waals surface area (Å²) in [7, 11) is 3.41. The van der Waals surface area contributed by atoms with Gasteiger partial charge in [-0.1, -0.05) is 13.0 Å². The second-order valence-corrected chi connectivity index (χ2v) is 6.08. The van der Waals surface area contributed by atoms with E-state index in [1.165, 1.54) is 0 Å². The quantitative estimate of drug-likeness (QED) is 0.856. The van der Waals surface area contributed by atoms with Crippen LogP contribution in [0, 0.1) is 5.92 Å². The molecule has 0 aliphatic carbocycles. The molecule has 0 fully saturated rings. The molecule has 108 valence electrons. The second kappa shape index (κ2) is 6.80. The first-order valence-electron chi connectivity index (χ1n) is 6.82. The molecule has 0 aliphatic rings. The molecule has 0 amide bonds. The van der Waals surface area contributed by atoms with Crippen molar-refractivity contribution in [3.05, 3.63) is 23.8 Å². The average molecular weight is 265 g/mol. The molecular weight excluding hydrogens is 238 g/mol. The molecule has 3 nitrogen and oxygen atoms in total. The van der Waals surface area contributed by atoms with Crippen molar-refractivity contribution in [2.24, 2.45) is 5.92 Å². The maximum absolute atomic E-state index is 5.43. The molecule has 0 aromatic heterocycles. The number of benzene rings is 1. The molecule has 19 heavy (non-hydrogen) atoms. The summed E-state index contributed by atoms with van der Waals surface area (Å²) in [6, 6.07) is 5.93. The molecule has 1 rings (SSSR count). The first-order valence-corrected chi connectivity index (χ1v) is 6.82. The van der Waals surface area contributed by atoms with Gasteiger partial charge in [0.1, 0.15) is 11.5 Å². The fourth-order valence-electron chi connectivity index (χ4n) is 2.03. The van der Waals surface area contributed by atoms with Gasteiger partial charge in [0.25, 0.3) is 0 Å². The Morgan fingerprint density at radius 2 is 1.63 bits per heavy atom. The fraction of sp³-hybridized carbons (Fsp3) is 0.625. The third kappa shape index (κ3) is 5.11. The van der Waals surface area contributed by atoms with E-state index in [9.17, 15) is 0 Å². The number of hydrogen-bond donors (Lipinski definition) is 1. The highest BCUT2D eigenvalue weighted by atomic mass is 16.5. The van der Waals surface area contributed by atoms with E-state index >= 15 is 0 Å². The van der Waals surface area contributed by atoms with Gasteiger partial charge in [0.2, 0.25) is 0 Å². The molecule has 0 saturated heterocycles. The molecule has 0 aliphatic heterocycles. The van der Waals surface area contributed by atoms with E-state index in [1.54, 1.807) is 14.2 Å². The summed E-state index contributed by atoms with van der Waals surface area (Å²) >= 11 is 0. The number of methoxy groups -OCH3 is 2. The summed E-state index contributed by atoms with van der Waals surface area (Å²) in [6.07, 6.45) is 0.941. The molecule has 1 atom stereocenters. The van der Waals surface area contributed by atoms with Gasteiger partial charge in [-0.15, -0.1) is 0 Å². The van der Waals surface area contributed by atoms with Crippen LogP contribution in [-0.2, 0) is 6.42 Å². The largest absolute Gasteiger partial charge is 0.496 e. The van der Waals surface area contributed by atoms with Gasteiger partial charge in [-0.25, -0.2) is 0 Å². The van der Waals surface area contributed by atoms with Gasteiger partial charge in [0.05, 0.1) is 14.2 Å². The normalized spacial score (nSPS) is 13.2. The van der Waals surface area contributed by atoms with Crippen molar-refractivity contribution < 1.29 is 9.47 Å². The molecule has 1 aromatic rings. The summed E-state index contributed by atoms with van der Waals surface area (Å²) in [4.78, 5) is 0. The van der Waals surface area contributed by atoms with Crippen LogP contribution in [0.2, 0.25) is 0 Å². The standard InChI is InChI=1S/C16H27NO2/c1-12(11-17-16(2,3)4)10-13-14(18-5)8-7-9-15(13)19-6/h7-9,12,17H,10-11H2,1-6H3. The van der Waals surface area contributed by atoms with Crippen LogP contribution in [0.15, 0.2) is 18.2 Å². The molecule has 0 bridgehead atoms. The third-order valence-corrected chi connectivity index (χ3v) is 3.06. The maximum atomic E-state index is 5.43. The lowest BCUT2D eigenvalue weighted by Crippen LogP contribution is -2.39. The minimum atomic E-state index is 0.152. The molecular formula is C16H27NO2. The smallest absolute Gasteiger partial charge is 0.125 e. The Balaban J connectivity index is 2.75. The Morgan fingerprint density at radius 1 is 1.11 bits per heavy atom. The summed E-state index contributed by atoms with van der Waals surface area (Å²) in [5, 5.41) is 3.54. The Kier molecular flexibility index (Phi) is 5.67. The minimum absolute atomic E-state index is 0.152. The number of hydrogen-bond acceptors (Lipinski definition) is 3. The topological polar surface area (TPSA) is 30.5 Å². The minimum Gasteiger partial charge on any atom is -0.496 e. The lowest BCUT2D eigenvalue weighted by atomic mass is 9.98. The molecule has 0 saturated carbocycles. The van der Waals surface area contributed by atoms with E-state index < -0.39 is 0 Å². The SMILES string of the molecule is COc1cccc(OC)c1CC(C)CNC(C)(C)C. The van der Waals surface area contributed by atoms with Gasteiger partial charge in [0.15, 0.2) is 0 Å². The van der Waals surface area contributed by atoms with Crippen LogP contribution >= 0.6 is 0 Å². The monoisotopic (exact) mass is 265 g/mol. The van der Waals surface area contributed by atoms with Crippen LogP contribution in [-0.4, -0.2) is 26.3 Å². The van der Waals surface area contributed by atoms with Crippen LogP contribution in [0.3, 0.4) is 0 Å². The van der Waals surface area contributed by atoms with Crippen LogP contribution in [0.1, 0.15) is 33.3 Å². The van der Waals surface area contributed by atoms with Crippen LogP contribution < -0.4 is 14.8 Å². The van der Waals surface area contributed by atoms with Gasteiger partial charge >= 0.3 is 0 Å². The van der Waals surface area contributed by atoms with Crippen LogP contribution in [0.4, 0.5) is 0 Å². The Labute approximate surface area is 117 Å². The first-order chi connectivity index (χ1) is 8.87. The average Bonchev–Trinajstić information content (AvgIpc) is 2.35. The number of nitrogens with one attached hydrogen (secondary N) is 1. The molecule has 0 spiro atoms. The second-order valence-electron chi connectivity index (χ2n) is 6.08. The summed E-state index contributed by atoms with van der Waals surface area (Å²) in [5.41, 5.74) is 1.30.